The van der Waals surface area contributed by atoms with Crippen molar-refractivity contribution in [2.24, 2.45) is 0 Å². The van der Waals surface area contributed by atoms with E-state index in [0.29, 0.717) is 5.92 Å². The molecule has 0 saturated heterocycles. The molecule has 128 valence electrons. The van der Waals surface area contributed by atoms with Gasteiger partial charge in [-0.05, 0) is 42.2 Å². The summed E-state index contributed by atoms with van der Waals surface area (Å²) in [6.07, 6.45) is 0. The van der Waals surface area contributed by atoms with Crippen molar-refractivity contribution in [1.82, 2.24) is 15.0 Å². The fourth-order valence-electron chi connectivity index (χ4n) is 2.54. The van der Waals surface area contributed by atoms with Crippen molar-refractivity contribution in [2.45, 2.75) is 26.7 Å². The maximum atomic E-state index is 12.5. The largest absolute Gasteiger partial charge is 0.382 e. The molecule has 0 unspecified atom stereocenters. The van der Waals surface area contributed by atoms with Gasteiger partial charge in [0.05, 0.1) is 5.69 Å². The van der Waals surface area contributed by atoms with Gasteiger partial charge in [-0.2, -0.15) is 4.68 Å². The molecule has 1 amide bonds. The number of carbonyl (C=O) groups excluding carboxylic acids is 1. The number of carbonyl (C=O) groups is 1. The molecule has 0 fully saturated rings. The van der Waals surface area contributed by atoms with Crippen LogP contribution >= 0.6 is 0 Å². The van der Waals surface area contributed by atoms with Crippen LogP contribution in [0.1, 0.15) is 41.4 Å². The number of nitrogens with two attached hydrogens (primary N) is 1. The number of aryl methyl sites for hydroxylation is 1. The Morgan fingerprint density at radius 3 is 2.44 bits per heavy atom. The number of nitrogens with zero attached hydrogens (tertiary/aromatic N) is 3. The van der Waals surface area contributed by atoms with E-state index in [4.69, 9.17) is 5.73 Å². The summed E-state index contributed by atoms with van der Waals surface area (Å²) in [7, 11) is 0. The molecule has 1 heterocycles. The molecule has 6 nitrogen and oxygen atoms in total. The Hall–Kier alpha value is -3.15. The average Bonchev–Trinajstić information content (AvgIpc) is 2.98. The summed E-state index contributed by atoms with van der Waals surface area (Å²) < 4.78 is 1.47. The first-order chi connectivity index (χ1) is 12.0. The number of hydrogen-bond acceptors (Lipinski definition) is 4. The Balaban J connectivity index is 1.85. The first-order valence-electron chi connectivity index (χ1n) is 8.16. The first kappa shape index (κ1) is 16.7. The standard InChI is InChI=1S/C19H21N5O/c1-12(2)14-8-10-15(11-9-14)24-18(20)17(22-23-24)19(25)21-16-7-5-4-6-13(16)3/h4-12H,20H2,1-3H3,(H,21,25). The smallest absolute Gasteiger partial charge is 0.280 e. The number of para-hydroxylation sites is 1. The molecule has 0 aliphatic carbocycles. The van der Waals surface area contributed by atoms with Crippen molar-refractivity contribution in [1.29, 1.82) is 0 Å². The summed E-state index contributed by atoms with van der Waals surface area (Å²) in [4.78, 5) is 12.5. The fourth-order valence-corrected chi connectivity index (χ4v) is 2.54. The maximum Gasteiger partial charge on any atom is 0.280 e. The lowest BCUT2D eigenvalue weighted by Crippen LogP contribution is -2.15. The van der Waals surface area contributed by atoms with E-state index in [9.17, 15) is 4.79 Å². The number of nitrogens with one attached hydrogen (secondary N) is 1. The predicted octanol–water partition coefficient (Wildman–Crippen LogP) is 3.53. The number of nitrogen functional groups attached to an aromatic ring is 1. The zero-order chi connectivity index (χ0) is 18.0. The predicted molar refractivity (Wildman–Crippen MR) is 99.0 cm³/mol. The first-order valence-corrected chi connectivity index (χ1v) is 8.16. The minimum Gasteiger partial charge on any atom is -0.382 e. The van der Waals surface area contributed by atoms with Crippen molar-refractivity contribution < 1.29 is 4.79 Å². The van der Waals surface area contributed by atoms with Gasteiger partial charge < -0.3 is 11.1 Å². The number of hydrogen-bond donors (Lipinski definition) is 2. The van der Waals surface area contributed by atoms with Crippen LogP contribution in [-0.2, 0) is 0 Å². The summed E-state index contributed by atoms with van der Waals surface area (Å²) in [5.74, 6) is 0.276. The highest BCUT2D eigenvalue weighted by molar-refractivity contribution is 6.06. The second-order valence-corrected chi connectivity index (χ2v) is 6.25. The molecule has 25 heavy (non-hydrogen) atoms. The Morgan fingerprint density at radius 2 is 1.80 bits per heavy atom. The van der Waals surface area contributed by atoms with E-state index in [1.807, 2.05) is 55.5 Å². The lowest BCUT2D eigenvalue weighted by Gasteiger charge is -2.08. The molecular weight excluding hydrogens is 314 g/mol. The Kier molecular flexibility index (Phi) is 4.52. The molecule has 0 bridgehead atoms. The molecule has 0 saturated carbocycles. The van der Waals surface area contributed by atoms with Gasteiger partial charge in [0.1, 0.15) is 0 Å². The number of amides is 1. The van der Waals surface area contributed by atoms with Crippen LogP contribution in [-0.4, -0.2) is 20.9 Å². The molecule has 2 aromatic carbocycles. The SMILES string of the molecule is Cc1ccccc1NC(=O)c1nnn(-c2ccc(C(C)C)cc2)c1N. The van der Waals surface area contributed by atoms with Crippen molar-refractivity contribution in [2.75, 3.05) is 11.1 Å². The Bertz CT molecular complexity index is 896. The van der Waals surface area contributed by atoms with Gasteiger partial charge in [-0.1, -0.05) is 49.4 Å². The second-order valence-electron chi connectivity index (χ2n) is 6.25. The molecule has 0 spiro atoms. The van der Waals surface area contributed by atoms with E-state index in [0.717, 1.165) is 16.9 Å². The van der Waals surface area contributed by atoms with E-state index < -0.39 is 0 Å². The van der Waals surface area contributed by atoms with Crippen LogP contribution in [0.2, 0.25) is 0 Å². The monoisotopic (exact) mass is 335 g/mol. The molecule has 3 N–H and O–H groups in total. The van der Waals surface area contributed by atoms with E-state index in [1.54, 1.807) is 0 Å². The average molecular weight is 335 g/mol. The van der Waals surface area contributed by atoms with Gasteiger partial charge in [-0.15, -0.1) is 5.10 Å². The highest BCUT2D eigenvalue weighted by Crippen LogP contribution is 2.20. The third-order valence-electron chi connectivity index (χ3n) is 4.12. The quantitative estimate of drug-likeness (QED) is 0.763. The molecule has 6 heteroatoms. The van der Waals surface area contributed by atoms with Crippen LogP contribution in [0.3, 0.4) is 0 Å². The van der Waals surface area contributed by atoms with E-state index >= 15 is 0 Å². The zero-order valence-electron chi connectivity index (χ0n) is 14.5. The third kappa shape index (κ3) is 3.38. The fraction of sp³-hybridized carbons (Fsp3) is 0.211. The summed E-state index contributed by atoms with van der Waals surface area (Å²) in [5.41, 5.74) is 9.89. The molecule has 3 aromatic rings. The number of anilines is 2. The summed E-state index contributed by atoms with van der Waals surface area (Å²) in [5, 5.41) is 10.8. The number of rotatable bonds is 4. The lowest BCUT2D eigenvalue weighted by atomic mass is 10.0. The van der Waals surface area contributed by atoms with Gasteiger partial charge in [-0.25, -0.2) is 0 Å². The van der Waals surface area contributed by atoms with Gasteiger partial charge >= 0.3 is 0 Å². The van der Waals surface area contributed by atoms with Crippen LogP contribution in [0.4, 0.5) is 11.5 Å². The van der Waals surface area contributed by atoms with Crippen molar-refractivity contribution in [3.05, 3.63) is 65.4 Å². The molecule has 0 atom stereocenters. The van der Waals surface area contributed by atoms with Crippen molar-refractivity contribution in [3.8, 4) is 5.69 Å². The molecule has 1 aromatic heterocycles. The minimum atomic E-state index is -0.378. The Labute approximate surface area is 146 Å². The maximum absolute atomic E-state index is 12.5. The van der Waals surface area contributed by atoms with Crippen LogP contribution in [0.15, 0.2) is 48.5 Å². The topological polar surface area (TPSA) is 85.8 Å². The van der Waals surface area contributed by atoms with Crippen molar-refractivity contribution in [3.63, 3.8) is 0 Å². The molecule has 0 aliphatic heterocycles. The Morgan fingerprint density at radius 1 is 1.12 bits per heavy atom. The van der Waals surface area contributed by atoms with E-state index in [2.05, 4.69) is 29.5 Å². The highest BCUT2D eigenvalue weighted by atomic mass is 16.2. The van der Waals surface area contributed by atoms with Gasteiger partial charge in [0.15, 0.2) is 11.5 Å². The van der Waals surface area contributed by atoms with E-state index in [1.165, 1.54) is 10.2 Å². The lowest BCUT2D eigenvalue weighted by molar-refractivity contribution is 0.102. The normalized spacial score (nSPS) is 10.9. The van der Waals surface area contributed by atoms with Gasteiger partial charge in [0.2, 0.25) is 0 Å². The third-order valence-corrected chi connectivity index (χ3v) is 4.12. The van der Waals surface area contributed by atoms with Crippen LogP contribution < -0.4 is 11.1 Å². The van der Waals surface area contributed by atoms with E-state index in [-0.39, 0.29) is 17.4 Å². The number of benzene rings is 2. The van der Waals surface area contributed by atoms with Gasteiger partial charge in [-0.3, -0.25) is 4.79 Å². The van der Waals surface area contributed by atoms with Gasteiger partial charge in [0.25, 0.3) is 5.91 Å². The van der Waals surface area contributed by atoms with Crippen LogP contribution in [0.25, 0.3) is 5.69 Å². The molecule has 0 aliphatic rings. The zero-order valence-corrected chi connectivity index (χ0v) is 14.5. The number of aromatic nitrogens is 3. The molecule has 0 radical (unpaired) electrons. The summed E-state index contributed by atoms with van der Waals surface area (Å²) in [6, 6.07) is 15.4. The second kappa shape index (κ2) is 6.76. The molecule has 3 rings (SSSR count). The van der Waals surface area contributed by atoms with Gasteiger partial charge in [0, 0.05) is 5.69 Å². The van der Waals surface area contributed by atoms with Crippen molar-refractivity contribution >= 4 is 17.4 Å². The summed E-state index contributed by atoms with van der Waals surface area (Å²) in [6.45, 7) is 6.19. The van der Waals surface area contributed by atoms with Crippen LogP contribution in [0.5, 0.6) is 0 Å². The minimum absolute atomic E-state index is 0.108. The van der Waals surface area contributed by atoms with Crippen LogP contribution in [0, 0.1) is 6.92 Å². The highest BCUT2D eigenvalue weighted by Gasteiger charge is 2.19. The summed E-state index contributed by atoms with van der Waals surface area (Å²) >= 11 is 0. The molecular formula is C19H21N5O.